The molecule has 0 saturated carbocycles. The van der Waals surface area contributed by atoms with Crippen molar-refractivity contribution in [3.8, 4) is 6.07 Å². The molecule has 0 aliphatic carbocycles. The monoisotopic (exact) mass is 342 g/mol. The second kappa shape index (κ2) is 7.34. The Bertz CT molecular complexity index is 740. The van der Waals surface area contributed by atoms with Crippen molar-refractivity contribution in [2.75, 3.05) is 6.54 Å². The number of amides is 4. The zero-order chi connectivity index (χ0) is 18.6. The third-order valence-electron chi connectivity index (χ3n) is 4.27. The van der Waals surface area contributed by atoms with Gasteiger partial charge < -0.3 is 10.6 Å². The first-order valence-electron chi connectivity index (χ1n) is 8.26. The van der Waals surface area contributed by atoms with Gasteiger partial charge in [0.15, 0.2) is 0 Å². The van der Waals surface area contributed by atoms with Gasteiger partial charge in [-0.05, 0) is 38.0 Å². The minimum atomic E-state index is -1.29. The van der Waals surface area contributed by atoms with Crippen LogP contribution in [0.5, 0.6) is 0 Å². The Labute approximate surface area is 147 Å². The van der Waals surface area contributed by atoms with Gasteiger partial charge in [-0.25, -0.2) is 4.79 Å². The van der Waals surface area contributed by atoms with Crippen molar-refractivity contribution in [2.24, 2.45) is 0 Å². The lowest BCUT2D eigenvalue weighted by molar-refractivity contribution is -0.135. The van der Waals surface area contributed by atoms with E-state index in [1.54, 1.807) is 31.2 Å². The Kier molecular flexibility index (Phi) is 5.42. The zero-order valence-electron chi connectivity index (χ0n) is 14.6. The van der Waals surface area contributed by atoms with Crippen LogP contribution in [0.2, 0.25) is 0 Å². The molecule has 1 heterocycles. The number of hydrogen-bond acceptors (Lipinski definition) is 4. The molecule has 25 heavy (non-hydrogen) atoms. The Morgan fingerprint density at radius 2 is 2.16 bits per heavy atom. The molecule has 1 aromatic carbocycles. The van der Waals surface area contributed by atoms with Crippen LogP contribution >= 0.6 is 0 Å². The predicted octanol–water partition coefficient (Wildman–Crippen LogP) is 1.63. The number of nitrogens with one attached hydrogen (secondary N) is 2. The highest BCUT2D eigenvalue weighted by Gasteiger charge is 2.49. The van der Waals surface area contributed by atoms with E-state index in [0.717, 1.165) is 17.7 Å². The van der Waals surface area contributed by atoms with E-state index >= 15 is 0 Å². The third-order valence-corrected chi connectivity index (χ3v) is 4.27. The van der Waals surface area contributed by atoms with E-state index in [9.17, 15) is 14.4 Å². The number of benzene rings is 1. The first kappa shape index (κ1) is 18.5. The molecule has 2 rings (SSSR count). The van der Waals surface area contributed by atoms with Gasteiger partial charge in [-0.1, -0.05) is 25.5 Å². The molecule has 1 aliphatic rings. The summed E-state index contributed by atoms with van der Waals surface area (Å²) in [6.45, 7) is 5.14. The van der Waals surface area contributed by atoms with Crippen LogP contribution in [0.25, 0.3) is 0 Å². The maximum absolute atomic E-state index is 12.8. The van der Waals surface area contributed by atoms with E-state index in [-0.39, 0.29) is 18.5 Å². The number of rotatable bonds is 6. The lowest BCUT2D eigenvalue weighted by atomic mass is 9.91. The highest BCUT2D eigenvalue weighted by atomic mass is 16.2. The maximum Gasteiger partial charge on any atom is 0.325 e. The molecule has 132 valence electrons. The summed E-state index contributed by atoms with van der Waals surface area (Å²) in [5.41, 5.74) is -0.392. The molecule has 0 aromatic heterocycles. The van der Waals surface area contributed by atoms with Crippen molar-refractivity contribution in [3.63, 3.8) is 0 Å². The number of imide groups is 1. The Hall–Kier alpha value is -2.88. The molecule has 1 fully saturated rings. The number of nitriles is 1. The van der Waals surface area contributed by atoms with Gasteiger partial charge in [0.25, 0.3) is 5.91 Å². The van der Waals surface area contributed by atoms with Crippen LogP contribution in [0, 0.1) is 11.3 Å². The molecule has 2 N–H and O–H groups in total. The minimum absolute atomic E-state index is 0.0167. The molecule has 0 radical (unpaired) electrons. The Balaban J connectivity index is 2.16. The summed E-state index contributed by atoms with van der Waals surface area (Å²) in [7, 11) is 0. The van der Waals surface area contributed by atoms with Crippen LogP contribution in [-0.2, 0) is 15.1 Å². The number of urea groups is 1. The van der Waals surface area contributed by atoms with Crippen molar-refractivity contribution in [1.82, 2.24) is 15.5 Å². The van der Waals surface area contributed by atoms with Gasteiger partial charge in [0.2, 0.25) is 5.91 Å². The van der Waals surface area contributed by atoms with Gasteiger partial charge in [-0.2, -0.15) is 5.26 Å². The molecular weight excluding hydrogens is 320 g/mol. The van der Waals surface area contributed by atoms with E-state index in [1.165, 1.54) is 0 Å². The maximum atomic E-state index is 12.8. The zero-order valence-corrected chi connectivity index (χ0v) is 14.6. The van der Waals surface area contributed by atoms with Crippen LogP contribution in [0.3, 0.4) is 0 Å². The average molecular weight is 342 g/mol. The molecule has 0 unspecified atom stereocenters. The standard InChI is InChI=1S/C18H22N4O3/c1-4-6-12(2)20-15(23)11-22-16(24)18(3,21-17(22)25)14-8-5-7-13(9-14)10-19/h5,7-9,12H,4,6,11H2,1-3H3,(H,20,23)(H,21,25)/t12-,18+/m1/s1. The van der Waals surface area contributed by atoms with E-state index in [0.29, 0.717) is 11.1 Å². The van der Waals surface area contributed by atoms with Gasteiger partial charge >= 0.3 is 6.03 Å². The van der Waals surface area contributed by atoms with Gasteiger partial charge in [-0.3, -0.25) is 14.5 Å². The quantitative estimate of drug-likeness (QED) is 0.767. The van der Waals surface area contributed by atoms with Crippen LogP contribution in [0.1, 0.15) is 44.7 Å². The SMILES string of the molecule is CCC[C@@H](C)NC(=O)CN1C(=O)N[C@@](C)(c2cccc(C#N)c2)C1=O. The van der Waals surface area contributed by atoms with E-state index in [2.05, 4.69) is 10.6 Å². The largest absolute Gasteiger partial charge is 0.352 e. The molecule has 1 aliphatic heterocycles. The van der Waals surface area contributed by atoms with Crippen molar-refractivity contribution >= 4 is 17.8 Å². The third kappa shape index (κ3) is 3.79. The topological polar surface area (TPSA) is 102 Å². The summed E-state index contributed by atoms with van der Waals surface area (Å²) in [6.07, 6.45) is 1.75. The van der Waals surface area contributed by atoms with Crippen LogP contribution in [0.4, 0.5) is 4.79 Å². The fourth-order valence-corrected chi connectivity index (χ4v) is 2.91. The van der Waals surface area contributed by atoms with Crippen LogP contribution < -0.4 is 10.6 Å². The van der Waals surface area contributed by atoms with E-state index in [1.807, 2.05) is 19.9 Å². The number of hydrogen-bond donors (Lipinski definition) is 2. The minimum Gasteiger partial charge on any atom is -0.352 e. The van der Waals surface area contributed by atoms with E-state index in [4.69, 9.17) is 5.26 Å². The fraction of sp³-hybridized carbons (Fsp3) is 0.444. The van der Waals surface area contributed by atoms with Crippen molar-refractivity contribution in [2.45, 2.75) is 45.2 Å². The van der Waals surface area contributed by atoms with Crippen molar-refractivity contribution in [1.29, 1.82) is 5.26 Å². The molecule has 1 aromatic rings. The highest BCUT2D eigenvalue weighted by molar-refractivity contribution is 6.09. The molecule has 0 bridgehead atoms. The summed E-state index contributed by atoms with van der Waals surface area (Å²) in [6, 6.07) is 7.88. The first-order valence-corrected chi connectivity index (χ1v) is 8.26. The number of nitrogens with zero attached hydrogens (tertiary/aromatic N) is 2. The molecule has 4 amide bonds. The van der Waals surface area contributed by atoms with E-state index < -0.39 is 17.5 Å². The number of carbonyl (C=O) groups excluding carboxylic acids is 3. The fourth-order valence-electron chi connectivity index (χ4n) is 2.91. The first-order chi connectivity index (χ1) is 11.8. The molecule has 7 heteroatoms. The Morgan fingerprint density at radius 3 is 2.80 bits per heavy atom. The van der Waals surface area contributed by atoms with Gasteiger partial charge in [0.1, 0.15) is 12.1 Å². The number of carbonyl (C=O) groups is 3. The molecular formula is C18H22N4O3. The van der Waals surface area contributed by atoms with Crippen LogP contribution in [-0.4, -0.2) is 35.3 Å². The molecule has 0 spiro atoms. The van der Waals surface area contributed by atoms with Crippen molar-refractivity contribution in [3.05, 3.63) is 35.4 Å². The summed E-state index contributed by atoms with van der Waals surface area (Å²) < 4.78 is 0. The van der Waals surface area contributed by atoms with Crippen LogP contribution in [0.15, 0.2) is 24.3 Å². The lowest BCUT2D eigenvalue weighted by Crippen LogP contribution is -2.45. The Morgan fingerprint density at radius 1 is 1.44 bits per heavy atom. The average Bonchev–Trinajstić information content (AvgIpc) is 2.79. The molecule has 1 saturated heterocycles. The van der Waals surface area contributed by atoms with Gasteiger partial charge in [0.05, 0.1) is 11.6 Å². The second-order valence-electron chi connectivity index (χ2n) is 6.40. The van der Waals surface area contributed by atoms with Crippen molar-refractivity contribution < 1.29 is 14.4 Å². The summed E-state index contributed by atoms with van der Waals surface area (Å²) >= 11 is 0. The van der Waals surface area contributed by atoms with Gasteiger partial charge in [-0.15, -0.1) is 0 Å². The lowest BCUT2D eigenvalue weighted by Gasteiger charge is -2.22. The summed E-state index contributed by atoms with van der Waals surface area (Å²) in [5.74, 6) is -0.884. The summed E-state index contributed by atoms with van der Waals surface area (Å²) in [5, 5.41) is 14.4. The normalized spacial score (nSPS) is 20.8. The molecule has 2 atom stereocenters. The second-order valence-corrected chi connectivity index (χ2v) is 6.40. The predicted molar refractivity (Wildman–Crippen MR) is 91.3 cm³/mol. The summed E-state index contributed by atoms with van der Waals surface area (Å²) in [4.78, 5) is 38.0. The van der Waals surface area contributed by atoms with Gasteiger partial charge in [0, 0.05) is 6.04 Å². The smallest absolute Gasteiger partial charge is 0.325 e. The molecule has 7 nitrogen and oxygen atoms in total. The highest BCUT2D eigenvalue weighted by Crippen LogP contribution is 2.29.